The Kier molecular flexibility index (Phi) is 3.89. The number of anilines is 1. The highest BCUT2D eigenvalue weighted by Crippen LogP contribution is 2.41. The van der Waals surface area contributed by atoms with Gasteiger partial charge >= 0.3 is 6.03 Å². The Balaban J connectivity index is 1.51. The molecule has 20 heavy (non-hydrogen) atoms. The maximum Gasteiger partial charge on any atom is 0.319 e. The summed E-state index contributed by atoms with van der Waals surface area (Å²) in [5, 5.41) is 9.32. The molecule has 2 amide bonds. The Bertz CT molecular complexity index is 624. The molecular weight excluding hydrogens is 294 g/mol. The summed E-state index contributed by atoms with van der Waals surface area (Å²) in [6.45, 7) is 0.440. The first kappa shape index (κ1) is 13.4. The molecule has 1 saturated carbocycles. The lowest BCUT2D eigenvalue weighted by Crippen LogP contribution is -2.28. The molecule has 2 N–H and O–H groups in total. The number of nitrogens with one attached hydrogen (secondary N) is 2. The van der Waals surface area contributed by atoms with E-state index in [0.717, 1.165) is 5.69 Å². The molecule has 1 aromatic heterocycles. The second-order valence-corrected chi connectivity index (χ2v) is 6.10. The first-order chi connectivity index (χ1) is 9.70. The number of amides is 2. The second-order valence-electron chi connectivity index (χ2n) is 4.77. The van der Waals surface area contributed by atoms with Gasteiger partial charge in [-0.2, -0.15) is 0 Å². The number of carbonyl (C=O) groups is 1. The maximum absolute atomic E-state index is 11.8. The third kappa shape index (κ3) is 3.49. The predicted octanol–water partition coefficient (Wildman–Crippen LogP) is 4.00. The highest BCUT2D eigenvalue weighted by molar-refractivity contribution is 7.09. The molecule has 0 spiro atoms. The Morgan fingerprint density at radius 3 is 3.05 bits per heavy atom. The second kappa shape index (κ2) is 5.81. The fourth-order valence-corrected chi connectivity index (χ4v) is 3.02. The van der Waals surface area contributed by atoms with Crippen molar-refractivity contribution in [3.05, 3.63) is 45.4 Å². The highest BCUT2D eigenvalue weighted by Gasteiger charge is 2.26. The molecule has 1 fully saturated rings. The van der Waals surface area contributed by atoms with Crippen molar-refractivity contribution in [3.8, 4) is 0 Å². The first-order valence-corrected chi connectivity index (χ1v) is 7.71. The van der Waals surface area contributed by atoms with Gasteiger partial charge in [-0.25, -0.2) is 9.78 Å². The van der Waals surface area contributed by atoms with Crippen LogP contribution in [0.2, 0.25) is 5.02 Å². The molecule has 0 saturated heterocycles. The van der Waals surface area contributed by atoms with Crippen molar-refractivity contribution in [1.82, 2.24) is 10.3 Å². The van der Waals surface area contributed by atoms with Gasteiger partial charge in [0.1, 0.15) is 0 Å². The number of rotatable bonds is 4. The van der Waals surface area contributed by atoms with Crippen LogP contribution in [0.1, 0.15) is 29.5 Å². The van der Waals surface area contributed by atoms with E-state index in [1.165, 1.54) is 17.8 Å². The zero-order chi connectivity index (χ0) is 13.9. The van der Waals surface area contributed by atoms with Gasteiger partial charge in [-0.3, -0.25) is 0 Å². The van der Waals surface area contributed by atoms with E-state index in [1.807, 2.05) is 5.38 Å². The normalized spacial score (nSPS) is 14.1. The van der Waals surface area contributed by atoms with Crippen LogP contribution in [0.3, 0.4) is 0 Å². The van der Waals surface area contributed by atoms with Gasteiger partial charge < -0.3 is 10.6 Å². The Labute approximate surface area is 126 Å². The number of urea groups is 1. The predicted molar refractivity (Wildman–Crippen MR) is 81.4 cm³/mol. The van der Waals surface area contributed by atoms with E-state index in [4.69, 9.17) is 11.6 Å². The number of carbonyl (C=O) groups excluding carboxylic acids is 1. The summed E-state index contributed by atoms with van der Waals surface area (Å²) >= 11 is 7.54. The Morgan fingerprint density at radius 1 is 1.45 bits per heavy atom. The number of hydrogen-bond acceptors (Lipinski definition) is 3. The van der Waals surface area contributed by atoms with Crippen LogP contribution in [-0.2, 0) is 6.54 Å². The van der Waals surface area contributed by atoms with Gasteiger partial charge in [-0.05, 0) is 31.0 Å². The molecule has 0 atom stereocenters. The number of nitrogens with zero attached hydrogens (tertiary/aromatic N) is 1. The van der Waals surface area contributed by atoms with E-state index < -0.39 is 0 Å². The van der Waals surface area contributed by atoms with E-state index in [1.54, 1.807) is 35.6 Å². The lowest BCUT2D eigenvalue weighted by Gasteiger charge is -2.06. The SMILES string of the molecule is O=C(NCc1csc(C2CC2)n1)Nc1cccc(Cl)c1. The Morgan fingerprint density at radius 2 is 2.30 bits per heavy atom. The first-order valence-electron chi connectivity index (χ1n) is 6.45. The summed E-state index contributed by atoms with van der Waals surface area (Å²) in [6.07, 6.45) is 2.49. The summed E-state index contributed by atoms with van der Waals surface area (Å²) in [5.41, 5.74) is 1.59. The average Bonchev–Trinajstić information content (AvgIpc) is 3.16. The van der Waals surface area contributed by atoms with E-state index >= 15 is 0 Å². The molecule has 1 aliphatic carbocycles. The summed E-state index contributed by atoms with van der Waals surface area (Å²) in [6, 6.07) is 6.79. The highest BCUT2D eigenvalue weighted by atomic mass is 35.5. The van der Waals surface area contributed by atoms with Crippen molar-refractivity contribution in [1.29, 1.82) is 0 Å². The fourth-order valence-electron chi connectivity index (χ4n) is 1.83. The molecule has 6 heteroatoms. The van der Waals surface area contributed by atoms with Crippen molar-refractivity contribution in [2.75, 3.05) is 5.32 Å². The van der Waals surface area contributed by atoms with Crippen LogP contribution in [0.4, 0.5) is 10.5 Å². The van der Waals surface area contributed by atoms with Crippen LogP contribution < -0.4 is 10.6 Å². The van der Waals surface area contributed by atoms with E-state index in [9.17, 15) is 4.79 Å². The van der Waals surface area contributed by atoms with Gasteiger partial charge in [0, 0.05) is 22.0 Å². The van der Waals surface area contributed by atoms with Crippen LogP contribution in [0.25, 0.3) is 0 Å². The lowest BCUT2D eigenvalue weighted by atomic mass is 10.3. The van der Waals surface area contributed by atoms with Gasteiger partial charge in [0.2, 0.25) is 0 Å². The van der Waals surface area contributed by atoms with Crippen molar-refractivity contribution >= 4 is 34.7 Å². The van der Waals surface area contributed by atoms with Gasteiger partial charge in [0.25, 0.3) is 0 Å². The van der Waals surface area contributed by atoms with Gasteiger partial charge in [-0.15, -0.1) is 11.3 Å². The zero-order valence-electron chi connectivity index (χ0n) is 10.7. The largest absolute Gasteiger partial charge is 0.332 e. The lowest BCUT2D eigenvalue weighted by molar-refractivity contribution is 0.251. The molecule has 0 aliphatic heterocycles. The Hall–Kier alpha value is -1.59. The number of halogens is 1. The number of thiazole rings is 1. The van der Waals surface area contributed by atoms with Crippen LogP contribution in [0.15, 0.2) is 29.6 Å². The average molecular weight is 308 g/mol. The zero-order valence-corrected chi connectivity index (χ0v) is 12.3. The van der Waals surface area contributed by atoms with Crippen LogP contribution in [-0.4, -0.2) is 11.0 Å². The van der Waals surface area contributed by atoms with Crippen molar-refractivity contribution in [2.24, 2.45) is 0 Å². The molecule has 0 unspecified atom stereocenters. The van der Waals surface area contributed by atoms with E-state index in [0.29, 0.717) is 23.2 Å². The third-order valence-electron chi connectivity index (χ3n) is 3.01. The molecule has 2 aromatic rings. The molecule has 104 valence electrons. The number of hydrogen-bond donors (Lipinski definition) is 2. The summed E-state index contributed by atoms with van der Waals surface area (Å²) in [5.74, 6) is 0.661. The van der Waals surface area contributed by atoms with Gasteiger partial charge in [0.05, 0.1) is 17.2 Å². The molecule has 1 aromatic carbocycles. The summed E-state index contributed by atoms with van der Waals surface area (Å²) in [4.78, 5) is 16.3. The fraction of sp³-hybridized carbons (Fsp3) is 0.286. The van der Waals surface area contributed by atoms with E-state index in [2.05, 4.69) is 15.6 Å². The molecule has 1 heterocycles. The molecule has 3 rings (SSSR count). The minimum Gasteiger partial charge on any atom is -0.332 e. The topological polar surface area (TPSA) is 54.0 Å². The van der Waals surface area contributed by atoms with Crippen LogP contribution in [0, 0.1) is 0 Å². The number of aromatic nitrogens is 1. The third-order valence-corrected chi connectivity index (χ3v) is 4.30. The molecule has 1 aliphatic rings. The monoisotopic (exact) mass is 307 g/mol. The standard InChI is InChI=1S/C14H14ClN3OS/c15-10-2-1-3-11(6-10)18-14(19)16-7-12-8-20-13(17-12)9-4-5-9/h1-3,6,8-9H,4-5,7H2,(H2,16,18,19). The van der Waals surface area contributed by atoms with Crippen molar-refractivity contribution in [3.63, 3.8) is 0 Å². The summed E-state index contributed by atoms with van der Waals surface area (Å²) < 4.78 is 0. The maximum atomic E-state index is 11.8. The van der Waals surface area contributed by atoms with E-state index in [-0.39, 0.29) is 6.03 Å². The summed E-state index contributed by atoms with van der Waals surface area (Å²) in [7, 11) is 0. The molecular formula is C14H14ClN3OS. The van der Waals surface area contributed by atoms with Crippen molar-refractivity contribution < 1.29 is 4.79 Å². The van der Waals surface area contributed by atoms with Gasteiger partial charge in [0.15, 0.2) is 0 Å². The quantitative estimate of drug-likeness (QED) is 0.897. The van der Waals surface area contributed by atoms with Crippen LogP contribution in [0.5, 0.6) is 0 Å². The van der Waals surface area contributed by atoms with Crippen molar-refractivity contribution in [2.45, 2.75) is 25.3 Å². The number of benzene rings is 1. The minimum absolute atomic E-state index is 0.256. The van der Waals surface area contributed by atoms with Gasteiger partial charge in [-0.1, -0.05) is 17.7 Å². The molecule has 0 bridgehead atoms. The molecule has 4 nitrogen and oxygen atoms in total. The minimum atomic E-state index is -0.256. The van der Waals surface area contributed by atoms with Crippen LogP contribution >= 0.6 is 22.9 Å². The smallest absolute Gasteiger partial charge is 0.319 e. The molecule has 0 radical (unpaired) electrons.